The molecule has 0 fully saturated rings. The van der Waals surface area contributed by atoms with Crippen LogP contribution in [-0.4, -0.2) is 5.91 Å². The number of nitrogen functional groups attached to an aromatic ring is 1. The second-order valence-corrected chi connectivity index (χ2v) is 5.01. The first-order chi connectivity index (χ1) is 8.16. The summed E-state index contributed by atoms with van der Waals surface area (Å²) in [6.07, 6.45) is 1.82. The van der Waals surface area contributed by atoms with Gasteiger partial charge in [-0.15, -0.1) is 11.3 Å². The fourth-order valence-electron chi connectivity index (χ4n) is 1.69. The fourth-order valence-corrected chi connectivity index (χ4v) is 2.62. The second kappa shape index (κ2) is 5.01. The number of rotatable bonds is 4. The molecule has 0 saturated carbocycles. The van der Waals surface area contributed by atoms with E-state index in [2.05, 4.69) is 12.1 Å². The summed E-state index contributed by atoms with van der Waals surface area (Å²) < 4.78 is 0. The molecule has 1 heterocycles. The SMILES string of the molecule is NC(=O)c1cc(CCc2ccccc2)sc1N. The Morgan fingerprint density at radius 3 is 2.47 bits per heavy atom. The Morgan fingerprint density at radius 1 is 1.18 bits per heavy atom. The molecule has 88 valence electrons. The molecule has 1 amide bonds. The van der Waals surface area contributed by atoms with E-state index in [1.165, 1.54) is 16.9 Å². The van der Waals surface area contributed by atoms with Crippen LogP contribution in [0.4, 0.5) is 5.00 Å². The van der Waals surface area contributed by atoms with Crippen LogP contribution in [0.25, 0.3) is 0 Å². The number of carbonyl (C=O) groups is 1. The van der Waals surface area contributed by atoms with E-state index < -0.39 is 5.91 Å². The summed E-state index contributed by atoms with van der Waals surface area (Å²) in [6.45, 7) is 0. The minimum Gasteiger partial charge on any atom is -0.390 e. The highest BCUT2D eigenvalue weighted by atomic mass is 32.1. The third-order valence-corrected chi connectivity index (χ3v) is 3.60. The molecule has 0 bridgehead atoms. The molecule has 0 spiro atoms. The van der Waals surface area contributed by atoms with Crippen molar-refractivity contribution in [3.05, 3.63) is 52.4 Å². The Bertz CT molecular complexity index is 519. The number of benzene rings is 1. The lowest BCUT2D eigenvalue weighted by molar-refractivity contribution is 0.100. The number of aryl methyl sites for hydroxylation is 2. The summed E-state index contributed by atoms with van der Waals surface area (Å²) in [5.74, 6) is -0.454. The first-order valence-electron chi connectivity index (χ1n) is 5.38. The van der Waals surface area contributed by atoms with Gasteiger partial charge in [-0.05, 0) is 24.5 Å². The van der Waals surface area contributed by atoms with Crippen LogP contribution in [0, 0.1) is 0 Å². The zero-order chi connectivity index (χ0) is 12.3. The maximum Gasteiger partial charge on any atom is 0.251 e. The van der Waals surface area contributed by atoms with Crippen molar-refractivity contribution in [2.24, 2.45) is 5.73 Å². The number of amides is 1. The van der Waals surface area contributed by atoms with Gasteiger partial charge in [-0.25, -0.2) is 0 Å². The predicted molar refractivity (Wildman–Crippen MR) is 71.1 cm³/mol. The summed E-state index contributed by atoms with van der Waals surface area (Å²) in [5, 5.41) is 0.514. The summed E-state index contributed by atoms with van der Waals surface area (Å²) in [5.41, 5.74) is 12.7. The van der Waals surface area contributed by atoms with Gasteiger partial charge in [0.25, 0.3) is 5.91 Å². The van der Waals surface area contributed by atoms with Crippen molar-refractivity contribution in [2.45, 2.75) is 12.8 Å². The number of nitrogens with two attached hydrogens (primary N) is 2. The van der Waals surface area contributed by atoms with Crippen LogP contribution >= 0.6 is 11.3 Å². The van der Waals surface area contributed by atoms with E-state index in [4.69, 9.17) is 11.5 Å². The number of carbonyl (C=O) groups excluding carboxylic acids is 1. The average molecular weight is 246 g/mol. The predicted octanol–water partition coefficient (Wildman–Crippen LogP) is 2.21. The van der Waals surface area contributed by atoms with Crippen molar-refractivity contribution >= 4 is 22.2 Å². The molecule has 0 atom stereocenters. The molecule has 0 unspecified atom stereocenters. The maximum absolute atomic E-state index is 11.1. The average Bonchev–Trinajstić information content (AvgIpc) is 2.69. The molecule has 0 saturated heterocycles. The molecule has 0 aliphatic carbocycles. The minimum atomic E-state index is -0.454. The molecule has 4 heteroatoms. The zero-order valence-electron chi connectivity index (χ0n) is 9.35. The molecule has 1 aromatic carbocycles. The summed E-state index contributed by atoms with van der Waals surface area (Å²) >= 11 is 1.44. The topological polar surface area (TPSA) is 69.1 Å². The molecule has 4 N–H and O–H groups in total. The molecule has 0 aliphatic heterocycles. The highest BCUT2D eigenvalue weighted by Crippen LogP contribution is 2.25. The largest absolute Gasteiger partial charge is 0.390 e. The standard InChI is InChI=1S/C13H14N2OS/c14-12(16)11-8-10(17-13(11)15)7-6-9-4-2-1-3-5-9/h1-5,8H,6-7,15H2,(H2,14,16). The molecule has 0 radical (unpaired) electrons. The number of thiophene rings is 1. The summed E-state index contributed by atoms with van der Waals surface area (Å²) in [6, 6.07) is 12.0. The number of hydrogen-bond donors (Lipinski definition) is 2. The van der Waals surface area contributed by atoms with Crippen LogP contribution in [0.15, 0.2) is 36.4 Å². The van der Waals surface area contributed by atoms with E-state index in [1.54, 1.807) is 6.07 Å². The maximum atomic E-state index is 11.1. The second-order valence-electron chi connectivity index (χ2n) is 3.84. The van der Waals surface area contributed by atoms with Crippen LogP contribution in [0.5, 0.6) is 0 Å². The Hall–Kier alpha value is -1.81. The van der Waals surface area contributed by atoms with Gasteiger partial charge in [0.2, 0.25) is 0 Å². The Labute approximate surface area is 104 Å². The number of anilines is 1. The van der Waals surface area contributed by atoms with Gasteiger partial charge in [0, 0.05) is 4.88 Å². The Morgan fingerprint density at radius 2 is 1.88 bits per heavy atom. The summed E-state index contributed by atoms with van der Waals surface area (Å²) in [7, 11) is 0. The normalized spacial score (nSPS) is 10.4. The number of primary amides is 1. The first kappa shape index (κ1) is 11.7. The lowest BCUT2D eigenvalue weighted by Crippen LogP contribution is -2.11. The van der Waals surface area contributed by atoms with Gasteiger partial charge in [-0.3, -0.25) is 4.79 Å². The van der Waals surface area contributed by atoms with E-state index in [9.17, 15) is 4.79 Å². The molecule has 2 aromatic rings. The van der Waals surface area contributed by atoms with Crippen LogP contribution < -0.4 is 11.5 Å². The van der Waals surface area contributed by atoms with Gasteiger partial charge in [0.15, 0.2) is 0 Å². The molecule has 0 aliphatic rings. The van der Waals surface area contributed by atoms with Gasteiger partial charge < -0.3 is 11.5 Å². The van der Waals surface area contributed by atoms with Crippen LogP contribution in [-0.2, 0) is 12.8 Å². The van der Waals surface area contributed by atoms with Crippen molar-refractivity contribution in [3.63, 3.8) is 0 Å². The molecule has 1 aromatic heterocycles. The van der Waals surface area contributed by atoms with Crippen LogP contribution in [0.1, 0.15) is 20.8 Å². The molecular weight excluding hydrogens is 232 g/mol. The monoisotopic (exact) mass is 246 g/mol. The zero-order valence-corrected chi connectivity index (χ0v) is 10.2. The third kappa shape index (κ3) is 2.85. The third-order valence-electron chi connectivity index (χ3n) is 2.58. The van der Waals surface area contributed by atoms with Gasteiger partial charge in [-0.2, -0.15) is 0 Å². The van der Waals surface area contributed by atoms with E-state index in [1.807, 2.05) is 18.2 Å². The quantitative estimate of drug-likeness (QED) is 0.868. The van der Waals surface area contributed by atoms with Crippen LogP contribution in [0.3, 0.4) is 0 Å². The summed E-state index contributed by atoms with van der Waals surface area (Å²) in [4.78, 5) is 12.2. The number of hydrogen-bond acceptors (Lipinski definition) is 3. The molecule has 3 nitrogen and oxygen atoms in total. The smallest absolute Gasteiger partial charge is 0.251 e. The van der Waals surface area contributed by atoms with Crippen molar-refractivity contribution in [1.29, 1.82) is 0 Å². The van der Waals surface area contributed by atoms with Crippen LogP contribution in [0.2, 0.25) is 0 Å². The molecule has 17 heavy (non-hydrogen) atoms. The van der Waals surface area contributed by atoms with E-state index in [-0.39, 0.29) is 0 Å². The fraction of sp³-hybridized carbons (Fsp3) is 0.154. The van der Waals surface area contributed by atoms with E-state index in [0.29, 0.717) is 10.6 Å². The first-order valence-corrected chi connectivity index (χ1v) is 6.20. The van der Waals surface area contributed by atoms with Gasteiger partial charge in [-0.1, -0.05) is 30.3 Å². The highest BCUT2D eigenvalue weighted by molar-refractivity contribution is 7.16. The molecular formula is C13H14N2OS. The van der Waals surface area contributed by atoms with Crippen molar-refractivity contribution in [2.75, 3.05) is 5.73 Å². The van der Waals surface area contributed by atoms with E-state index >= 15 is 0 Å². The van der Waals surface area contributed by atoms with Crippen molar-refractivity contribution in [1.82, 2.24) is 0 Å². The van der Waals surface area contributed by atoms with Crippen molar-refractivity contribution < 1.29 is 4.79 Å². The lowest BCUT2D eigenvalue weighted by Gasteiger charge is -1.98. The lowest BCUT2D eigenvalue weighted by atomic mass is 10.1. The van der Waals surface area contributed by atoms with Gasteiger partial charge in [0.1, 0.15) is 0 Å². The van der Waals surface area contributed by atoms with Gasteiger partial charge >= 0.3 is 0 Å². The van der Waals surface area contributed by atoms with E-state index in [0.717, 1.165) is 17.7 Å². The van der Waals surface area contributed by atoms with Gasteiger partial charge in [0.05, 0.1) is 10.6 Å². The molecule has 2 rings (SSSR count). The minimum absolute atomic E-state index is 0.443. The Kier molecular flexibility index (Phi) is 3.44. The Balaban J connectivity index is 2.05. The highest BCUT2D eigenvalue weighted by Gasteiger charge is 2.10. The van der Waals surface area contributed by atoms with Crippen molar-refractivity contribution in [3.8, 4) is 0 Å².